The van der Waals surface area contributed by atoms with E-state index in [-0.39, 0.29) is 12.2 Å². The molecule has 3 rings (SSSR count). The molecule has 2 aromatic rings. The van der Waals surface area contributed by atoms with Crippen LogP contribution in [0.4, 0.5) is 0 Å². The first-order valence-corrected chi connectivity index (χ1v) is 8.98. The van der Waals surface area contributed by atoms with Crippen molar-refractivity contribution in [1.82, 2.24) is 0 Å². The summed E-state index contributed by atoms with van der Waals surface area (Å²) >= 11 is 0. The van der Waals surface area contributed by atoms with E-state index in [9.17, 15) is 0 Å². The van der Waals surface area contributed by atoms with E-state index in [1.165, 1.54) is 22.3 Å². The molecule has 2 heteroatoms. The van der Waals surface area contributed by atoms with Crippen molar-refractivity contribution in [2.75, 3.05) is 13.2 Å². The summed E-state index contributed by atoms with van der Waals surface area (Å²) in [6, 6.07) is 17.1. The van der Waals surface area contributed by atoms with Gasteiger partial charge in [0, 0.05) is 0 Å². The topological polar surface area (TPSA) is 18.5 Å². The first kappa shape index (κ1) is 17.2. The lowest BCUT2D eigenvalue weighted by Crippen LogP contribution is -2.27. The first-order valence-electron chi connectivity index (χ1n) is 8.98. The molecule has 2 atom stereocenters. The van der Waals surface area contributed by atoms with Gasteiger partial charge in [-0.2, -0.15) is 0 Å². The highest BCUT2D eigenvalue weighted by Crippen LogP contribution is 2.35. The molecule has 0 spiro atoms. The largest absolute Gasteiger partial charge is 0.368 e. The van der Waals surface area contributed by atoms with Crippen molar-refractivity contribution < 1.29 is 9.47 Å². The summed E-state index contributed by atoms with van der Waals surface area (Å²) in [5, 5.41) is 0. The van der Waals surface area contributed by atoms with Gasteiger partial charge < -0.3 is 9.47 Å². The Morgan fingerprint density at radius 2 is 1.04 bits per heavy atom. The molecule has 24 heavy (non-hydrogen) atoms. The lowest BCUT2D eigenvalue weighted by molar-refractivity contribution is -0.138. The second-order valence-corrected chi connectivity index (χ2v) is 7.21. The van der Waals surface area contributed by atoms with Crippen molar-refractivity contribution in [2.45, 2.75) is 51.7 Å². The fourth-order valence-corrected chi connectivity index (χ4v) is 3.52. The molecule has 1 saturated heterocycles. The van der Waals surface area contributed by atoms with Crippen LogP contribution in [0.15, 0.2) is 48.5 Å². The Morgan fingerprint density at radius 3 is 1.38 bits per heavy atom. The third-order valence-electron chi connectivity index (χ3n) is 4.83. The van der Waals surface area contributed by atoms with Crippen LogP contribution in [-0.2, 0) is 9.47 Å². The maximum Gasteiger partial charge on any atom is 0.106 e. The molecule has 1 aliphatic heterocycles. The van der Waals surface area contributed by atoms with Crippen molar-refractivity contribution in [1.29, 1.82) is 0 Å². The van der Waals surface area contributed by atoms with Gasteiger partial charge in [0.25, 0.3) is 0 Å². The van der Waals surface area contributed by atoms with Crippen molar-refractivity contribution in [3.63, 3.8) is 0 Å². The number of hydrogen-bond acceptors (Lipinski definition) is 2. The van der Waals surface area contributed by atoms with Gasteiger partial charge >= 0.3 is 0 Å². The molecule has 0 amide bonds. The van der Waals surface area contributed by atoms with Gasteiger partial charge in [-0.05, 0) is 34.1 Å². The summed E-state index contributed by atoms with van der Waals surface area (Å²) in [6.45, 7) is 10.1. The smallest absolute Gasteiger partial charge is 0.106 e. The summed E-state index contributed by atoms with van der Waals surface area (Å²) in [7, 11) is 0. The van der Waals surface area contributed by atoms with Crippen LogP contribution in [0, 0.1) is 0 Å². The molecule has 1 aliphatic rings. The zero-order valence-corrected chi connectivity index (χ0v) is 15.2. The molecule has 0 radical (unpaired) electrons. The van der Waals surface area contributed by atoms with Crippen molar-refractivity contribution in [2.24, 2.45) is 0 Å². The Hall–Kier alpha value is -1.64. The van der Waals surface area contributed by atoms with Crippen LogP contribution in [0.3, 0.4) is 0 Å². The Labute approximate surface area is 145 Å². The van der Waals surface area contributed by atoms with Crippen LogP contribution < -0.4 is 0 Å². The summed E-state index contributed by atoms with van der Waals surface area (Å²) in [5.41, 5.74) is 5.24. The van der Waals surface area contributed by atoms with E-state index in [2.05, 4.69) is 76.2 Å². The Balaban J connectivity index is 1.76. The molecule has 0 aromatic heterocycles. The maximum absolute atomic E-state index is 6.23. The van der Waals surface area contributed by atoms with Crippen LogP contribution >= 0.6 is 0 Å². The van der Waals surface area contributed by atoms with E-state index >= 15 is 0 Å². The highest BCUT2D eigenvalue weighted by Gasteiger charge is 2.28. The van der Waals surface area contributed by atoms with Gasteiger partial charge in [0.05, 0.1) is 13.2 Å². The van der Waals surface area contributed by atoms with Gasteiger partial charge in [0.15, 0.2) is 0 Å². The molecule has 0 aliphatic carbocycles. The third kappa shape index (κ3) is 3.55. The predicted octanol–water partition coefficient (Wildman–Crippen LogP) is 5.76. The van der Waals surface area contributed by atoms with E-state index in [1.54, 1.807) is 0 Å². The predicted molar refractivity (Wildman–Crippen MR) is 98.4 cm³/mol. The normalized spacial score (nSPS) is 21.4. The highest BCUT2D eigenvalue weighted by atomic mass is 16.6. The zero-order chi connectivity index (χ0) is 17.1. The Bertz CT molecular complexity index is 608. The van der Waals surface area contributed by atoms with E-state index in [0.717, 1.165) is 0 Å². The third-order valence-corrected chi connectivity index (χ3v) is 4.83. The van der Waals surface area contributed by atoms with Crippen molar-refractivity contribution >= 4 is 0 Å². The van der Waals surface area contributed by atoms with Gasteiger partial charge in [-0.15, -0.1) is 0 Å². The molecule has 0 bridgehead atoms. The quantitative estimate of drug-likeness (QED) is 0.711. The standard InChI is InChI=1S/C22H28O2/c1-15(2)17-9-5-7-11-19(17)21-13-24-22(14-23-21)20-12-8-6-10-18(20)16(3)4/h5-12,15-16,21-22H,13-14H2,1-4H3. The summed E-state index contributed by atoms with van der Waals surface area (Å²) in [6.07, 6.45) is 0.0668. The minimum atomic E-state index is 0.0334. The molecule has 128 valence electrons. The molecule has 2 nitrogen and oxygen atoms in total. The lowest BCUT2D eigenvalue weighted by atomic mass is 9.92. The van der Waals surface area contributed by atoms with Crippen LogP contribution in [0.2, 0.25) is 0 Å². The number of ether oxygens (including phenoxy) is 2. The van der Waals surface area contributed by atoms with Gasteiger partial charge in [-0.3, -0.25) is 0 Å². The average molecular weight is 324 g/mol. The van der Waals surface area contributed by atoms with E-state index in [0.29, 0.717) is 25.0 Å². The fourth-order valence-electron chi connectivity index (χ4n) is 3.52. The van der Waals surface area contributed by atoms with Crippen LogP contribution in [0.5, 0.6) is 0 Å². The van der Waals surface area contributed by atoms with Gasteiger partial charge in [0.1, 0.15) is 12.2 Å². The van der Waals surface area contributed by atoms with Gasteiger partial charge in [-0.25, -0.2) is 0 Å². The summed E-state index contributed by atoms with van der Waals surface area (Å²) < 4.78 is 12.5. The van der Waals surface area contributed by atoms with Crippen molar-refractivity contribution in [3.05, 3.63) is 70.8 Å². The summed E-state index contributed by atoms with van der Waals surface area (Å²) in [4.78, 5) is 0. The molecule has 0 saturated carbocycles. The number of benzene rings is 2. The molecular weight excluding hydrogens is 296 g/mol. The first-order chi connectivity index (χ1) is 11.6. The van der Waals surface area contributed by atoms with Gasteiger partial charge in [0.2, 0.25) is 0 Å². The zero-order valence-electron chi connectivity index (χ0n) is 15.2. The van der Waals surface area contributed by atoms with Crippen molar-refractivity contribution in [3.8, 4) is 0 Å². The Kier molecular flexibility index (Phi) is 5.37. The minimum absolute atomic E-state index is 0.0334. The molecule has 2 unspecified atom stereocenters. The monoisotopic (exact) mass is 324 g/mol. The molecule has 2 aromatic carbocycles. The second-order valence-electron chi connectivity index (χ2n) is 7.21. The molecule has 1 heterocycles. The van der Waals surface area contributed by atoms with Crippen LogP contribution in [-0.4, -0.2) is 13.2 Å². The van der Waals surface area contributed by atoms with E-state index in [1.807, 2.05) is 0 Å². The number of hydrogen-bond donors (Lipinski definition) is 0. The Morgan fingerprint density at radius 1 is 0.667 bits per heavy atom. The fraction of sp³-hybridized carbons (Fsp3) is 0.455. The van der Waals surface area contributed by atoms with E-state index in [4.69, 9.17) is 9.47 Å². The molecule has 0 N–H and O–H groups in total. The maximum atomic E-state index is 6.23. The van der Waals surface area contributed by atoms with E-state index < -0.39 is 0 Å². The van der Waals surface area contributed by atoms with Gasteiger partial charge in [-0.1, -0.05) is 76.2 Å². The SMILES string of the molecule is CC(C)c1ccccc1C1COC(c2ccccc2C(C)C)CO1. The second kappa shape index (κ2) is 7.50. The average Bonchev–Trinajstić information content (AvgIpc) is 2.62. The summed E-state index contributed by atoms with van der Waals surface area (Å²) in [5.74, 6) is 0.980. The van der Waals surface area contributed by atoms with Crippen LogP contribution in [0.1, 0.15) is 74.0 Å². The minimum Gasteiger partial charge on any atom is -0.368 e. The molecule has 1 fully saturated rings. The van der Waals surface area contributed by atoms with Crippen LogP contribution in [0.25, 0.3) is 0 Å². The molecular formula is C22H28O2. The number of rotatable bonds is 4. The lowest BCUT2D eigenvalue weighted by Gasteiger charge is -2.32. The highest BCUT2D eigenvalue weighted by molar-refractivity contribution is 5.34.